The third-order valence-electron chi connectivity index (χ3n) is 9.60. The Kier molecular flexibility index (Phi) is 8.58. The number of fused-ring (bicyclic) bond motifs is 2. The first kappa shape index (κ1) is 31.0. The monoisotopic (exact) mass is 628 g/mol. The predicted octanol–water partition coefficient (Wildman–Crippen LogP) is 3.73. The van der Waals surface area contributed by atoms with Crippen molar-refractivity contribution in [3.05, 3.63) is 79.9 Å². The van der Waals surface area contributed by atoms with Crippen molar-refractivity contribution in [2.45, 2.75) is 55.4 Å². The highest BCUT2D eigenvalue weighted by Gasteiger charge is 2.74. The molecule has 3 saturated heterocycles. The molecule has 3 amide bonds. The number of amides is 3. The molecule has 3 fully saturated rings. The third kappa shape index (κ3) is 5.06. The molecule has 0 aliphatic carbocycles. The first-order valence-corrected chi connectivity index (χ1v) is 16.4. The van der Waals surface area contributed by atoms with Crippen molar-refractivity contribution < 1.29 is 19.5 Å². The van der Waals surface area contributed by atoms with Gasteiger partial charge in [0, 0.05) is 24.0 Å². The Balaban J connectivity index is 1.41. The molecule has 45 heavy (non-hydrogen) atoms. The van der Waals surface area contributed by atoms with E-state index >= 15 is 0 Å². The van der Waals surface area contributed by atoms with Crippen LogP contribution in [-0.4, -0.2) is 89.4 Å². The average molecular weight is 629 g/mol. The predicted molar refractivity (Wildman–Crippen MR) is 175 cm³/mol. The van der Waals surface area contributed by atoms with Gasteiger partial charge < -0.3 is 19.8 Å². The number of carbonyl (C=O) groups excluding carboxylic acids is 3. The lowest BCUT2D eigenvalue weighted by Gasteiger charge is -2.40. The summed E-state index contributed by atoms with van der Waals surface area (Å²) >= 11 is 1.62. The quantitative estimate of drug-likeness (QED) is 0.304. The van der Waals surface area contributed by atoms with Crippen LogP contribution in [0.2, 0.25) is 0 Å². The number of aliphatic hydroxyl groups excluding tert-OH is 1. The van der Waals surface area contributed by atoms with Crippen LogP contribution in [0.4, 0.5) is 5.69 Å². The van der Waals surface area contributed by atoms with Crippen LogP contribution >= 0.6 is 11.8 Å². The van der Waals surface area contributed by atoms with Crippen LogP contribution in [0, 0.1) is 17.8 Å². The number of carbonyl (C=O) groups is 3. The Labute approximate surface area is 267 Å². The number of nitrogens with zero attached hydrogens (tertiary/aromatic N) is 6. The minimum Gasteiger partial charge on any atom is -0.394 e. The molecule has 10 nitrogen and oxygen atoms in total. The minimum absolute atomic E-state index is 0.0985. The molecule has 3 aliphatic rings. The number of thioether (sulfide) groups is 1. The van der Waals surface area contributed by atoms with Crippen molar-refractivity contribution in [3.8, 4) is 0 Å². The fraction of sp³-hybridized carbons (Fsp3) is 0.441. The Bertz CT molecular complexity index is 1610. The van der Waals surface area contributed by atoms with Gasteiger partial charge in [-0.3, -0.25) is 14.4 Å². The number of hydrogen-bond donors (Lipinski definition) is 1. The first-order valence-electron chi connectivity index (χ1n) is 15.5. The zero-order valence-corrected chi connectivity index (χ0v) is 26.6. The standard InChI is InChI=1S/C34H40N6O4S/c1-5-18-37(21-39-25-15-11-10-14-24(25)35-36-39)33(44)30-34-17-16-27(45-34)28(29(34)32(43)40(30)26(20-41)22(3)4)31(42)38(19-6-2)23-12-8-7-9-13-23/h5-15,22,26-30,41H,1-2,16-21H2,3-4H3/t26-,27+,28-,29-,30?,34?/m0/s1. The molecule has 236 valence electrons. The summed E-state index contributed by atoms with van der Waals surface area (Å²) in [5.41, 5.74) is 2.25. The van der Waals surface area contributed by atoms with E-state index < -0.39 is 28.7 Å². The number of benzene rings is 2. The van der Waals surface area contributed by atoms with E-state index in [1.807, 2.05) is 68.4 Å². The number of rotatable bonds is 12. The van der Waals surface area contributed by atoms with Crippen molar-refractivity contribution >= 4 is 46.2 Å². The van der Waals surface area contributed by atoms with Crippen LogP contribution in [0.3, 0.4) is 0 Å². The molecule has 1 aromatic heterocycles. The Morgan fingerprint density at radius 1 is 1.09 bits per heavy atom. The zero-order valence-electron chi connectivity index (χ0n) is 25.7. The van der Waals surface area contributed by atoms with Gasteiger partial charge in [0.15, 0.2) is 0 Å². The van der Waals surface area contributed by atoms with Crippen molar-refractivity contribution in [3.63, 3.8) is 0 Å². The van der Waals surface area contributed by atoms with Gasteiger partial charge in [-0.15, -0.1) is 30.0 Å². The average Bonchev–Trinajstić information content (AvgIpc) is 3.79. The van der Waals surface area contributed by atoms with Gasteiger partial charge in [-0.05, 0) is 43.0 Å². The van der Waals surface area contributed by atoms with E-state index in [1.165, 1.54) is 0 Å². The van der Waals surface area contributed by atoms with Crippen molar-refractivity contribution in [1.29, 1.82) is 0 Å². The summed E-state index contributed by atoms with van der Waals surface area (Å²) in [6.07, 6.45) is 4.71. The second-order valence-electron chi connectivity index (χ2n) is 12.4. The van der Waals surface area contributed by atoms with E-state index in [9.17, 15) is 19.5 Å². The largest absolute Gasteiger partial charge is 0.394 e. The fourth-order valence-corrected chi connectivity index (χ4v) is 9.79. The van der Waals surface area contributed by atoms with Gasteiger partial charge in [0.25, 0.3) is 0 Å². The molecule has 0 saturated carbocycles. The third-order valence-corrected chi connectivity index (χ3v) is 11.6. The Hall–Kier alpha value is -3.96. The van der Waals surface area contributed by atoms with Gasteiger partial charge >= 0.3 is 0 Å². The van der Waals surface area contributed by atoms with Gasteiger partial charge in [-0.2, -0.15) is 0 Å². The molecule has 11 heteroatoms. The fourth-order valence-electron chi connectivity index (χ4n) is 7.60. The molecule has 2 bridgehead atoms. The minimum atomic E-state index is -0.860. The summed E-state index contributed by atoms with van der Waals surface area (Å²) in [7, 11) is 0. The molecule has 1 N–H and O–H groups in total. The molecule has 6 rings (SSSR count). The van der Waals surface area contributed by atoms with E-state index in [0.29, 0.717) is 18.5 Å². The number of hydrogen-bond acceptors (Lipinski definition) is 7. The first-order chi connectivity index (χ1) is 21.8. The van der Waals surface area contributed by atoms with Crippen LogP contribution in [0.5, 0.6) is 0 Å². The zero-order chi connectivity index (χ0) is 31.9. The van der Waals surface area contributed by atoms with Crippen molar-refractivity contribution in [2.75, 3.05) is 24.6 Å². The highest BCUT2D eigenvalue weighted by Crippen LogP contribution is 2.67. The van der Waals surface area contributed by atoms with E-state index in [4.69, 9.17) is 0 Å². The topological polar surface area (TPSA) is 112 Å². The smallest absolute Gasteiger partial charge is 0.248 e. The SMILES string of the molecule is C=CCN(Cn1nnc2ccccc21)C(=O)C1N([C@@H](CO)C(C)C)C(=O)[C@@H]2[C@@H](C(=O)N(CC=C)c3ccccc3)[C@H]3CCC12S3. The molecule has 3 aliphatic heterocycles. The van der Waals surface area contributed by atoms with Crippen molar-refractivity contribution in [1.82, 2.24) is 24.8 Å². The summed E-state index contributed by atoms with van der Waals surface area (Å²) in [6, 6.07) is 15.5. The van der Waals surface area contributed by atoms with Crippen LogP contribution < -0.4 is 4.90 Å². The van der Waals surface area contributed by atoms with Gasteiger partial charge in [0.1, 0.15) is 18.2 Å². The van der Waals surface area contributed by atoms with Crippen LogP contribution in [0.25, 0.3) is 11.0 Å². The lowest BCUT2D eigenvalue weighted by molar-refractivity contribution is -0.147. The molecule has 4 heterocycles. The maximum Gasteiger partial charge on any atom is 0.248 e. The van der Waals surface area contributed by atoms with Crippen molar-refractivity contribution in [2.24, 2.45) is 17.8 Å². The molecular weight excluding hydrogens is 588 g/mol. The Morgan fingerprint density at radius 3 is 2.49 bits per heavy atom. The number of aromatic nitrogens is 3. The highest BCUT2D eigenvalue weighted by atomic mass is 32.2. The highest BCUT2D eigenvalue weighted by molar-refractivity contribution is 8.02. The number of para-hydroxylation sites is 2. The maximum atomic E-state index is 14.9. The molecular formula is C34H40N6O4S. The molecule has 1 spiro atoms. The second kappa shape index (κ2) is 12.4. The lowest BCUT2D eigenvalue weighted by atomic mass is 9.70. The number of anilines is 1. The lowest BCUT2D eigenvalue weighted by Crippen LogP contribution is -2.58. The summed E-state index contributed by atoms with van der Waals surface area (Å²) in [5.74, 6) is -2.01. The van der Waals surface area contributed by atoms with Gasteiger partial charge in [-0.1, -0.05) is 61.5 Å². The Morgan fingerprint density at radius 2 is 1.80 bits per heavy atom. The number of aliphatic hydroxyl groups is 1. The van der Waals surface area contributed by atoms with E-state index in [0.717, 1.165) is 17.6 Å². The van der Waals surface area contributed by atoms with Gasteiger partial charge in [0.2, 0.25) is 17.7 Å². The second-order valence-corrected chi connectivity index (χ2v) is 14.0. The van der Waals surface area contributed by atoms with Crippen LogP contribution in [0.15, 0.2) is 79.9 Å². The summed E-state index contributed by atoms with van der Waals surface area (Å²) in [6.45, 7) is 12.0. The molecule has 0 radical (unpaired) electrons. The normalized spacial score (nSPS) is 25.9. The van der Waals surface area contributed by atoms with Gasteiger partial charge in [0.05, 0.1) is 34.7 Å². The summed E-state index contributed by atoms with van der Waals surface area (Å²) in [4.78, 5) is 49.0. The number of likely N-dealkylation sites (tertiary alicyclic amines) is 1. The van der Waals surface area contributed by atoms with E-state index in [2.05, 4.69) is 23.5 Å². The van der Waals surface area contributed by atoms with Gasteiger partial charge in [-0.25, -0.2) is 4.68 Å². The van der Waals surface area contributed by atoms with E-state index in [-0.39, 0.29) is 48.7 Å². The molecule has 3 aromatic rings. The van der Waals surface area contributed by atoms with Crippen LogP contribution in [0.1, 0.15) is 26.7 Å². The molecule has 2 unspecified atom stereocenters. The summed E-state index contributed by atoms with van der Waals surface area (Å²) in [5, 5.41) is 19.1. The molecule has 6 atom stereocenters. The van der Waals surface area contributed by atoms with E-state index in [1.54, 1.807) is 43.3 Å². The summed E-state index contributed by atoms with van der Waals surface area (Å²) < 4.78 is 0.874. The van der Waals surface area contributed by atoms with Crippen LogP contribution in [-0.2, 0) is 21.1 Å². The maximum absolute atomic E-state index is 14.9. The molecule has 2 aromatic carbocycles.